The molecule has 5 rings (SSSR count). The van der Waals surface area contributed by atoms with Gasteiger partial charge in [0, 0.05) is 12.3 Å². The van der Waals surface area contributed by atoms with E-state index in [0.29, 0.717) is 6.42 Å². The Hall–Kier alpha value is -3.04. The van der Waals surface area contributed by atoms with Crippen molar-refractivity contribution >= 4 is 19.7 Å². The van der Waals surface area contributed by atoms with Crippen LogP contribution in [0.25, 0.3) is 0 Å². The average Bonchev–Trinajstić information content (AvgIpc) is 3.55. The van der Waals surface area contributed by atoms with E-state index >= 15 is 0 Å². The van der Waals surface area contributed by atoms with Gasteiger partial charge in [-0.3, -0.25) is 0 Å². The molecule has 0 amide bonds. The molecular weight excluding hydrogens is 615 g/mol. The van der Waals surface area contributed by atoms with Crippen LogP contribution in [0.1, 0.15) is 56.1 Å². The second-order valence-corrected chi connectivity index (χ2v) is 17.8. The number of aliphatic hydroxyl groups is 1. The molecule has 8 heteroatoms. The highest BCUT2D eigenvalue weighted by Gasteiger charge is 2.57. The largest absolute Gasteiger partial charge is 0.392 e. The van der Waals surface area contributed by atoms with Crippen LogP contribution in [-0.4, -0.2) is 53.6 Å². The van der Waals surface area contributed by atoms with Gasteiger partial charge in [-0.15, -0.1) is 0 Å². The van der Waals surface area contributed by atoms with E-state index in [1.165, 1.54) is 42.7 Å². The van der Waals surface area contributed by atoms with Gasteiger partial charge in [-0.25, -0.2) is 16.8 Å². The molecule has 0 heterocycles. The van der Waals surface area contributed by atoms with E-state index in [-0.39, 0.29) is 39.5 Å². The minimum Gasteiger partial charge on any atom is -0.392 e. The molecular formula is C38H47NO5S2. The summed E-state index contributed by atoms with van der Waals surface area (Å²) in [6.45, 7) is 2.92. The number of nitrogens with zero attached hydrogens (tertiary/aromatic N) is 1. The first kappa shape index (κ1) is 34.3. The summed E-state index contributed by atoms with van der Waals surface area (Å²) in [6.07, 6.45) is 11.3. The van der Waals surface area contributed by atoms with E-state index in [1.807, 2.05) is 19.1 Å². The number of fused-ring (bicyclic) bond motifs is 1. The van der Waals surface area contributed by atoms with E-state index < -0.39 is 29.9 Å². The highest BCUT2D eigenvalue weighted by atomic mass is 32.3. The van der Waals surface area contributed by atoms with Crippen LogP contribution < -0.4 is 0 Å². The third-order valence-corrected chi connectivity index (χ3v) is 15.4. The summed E-state index contributed by atoms with van der Waals surface area (Å²) < 4.78 is 56.9. The highest BCUT2D eigenvalue weighted by Crippen LogP contribution is 2.50. The van der Waals surface area contributed by atoms with E-state index in [1.54, 1.807) is 60.7 Å². The molecule has 246 valence electrons. The zero-order chi connectivity index (χ0) is 33.0. The van der Waals surface area contributed by atoms with E-state index in [4.69, 9.17) is 0 Å². The van der Waals surface area contributed by atoms with Gasteiger partial charge < -0.3 is 10.0 Å². The molecule has 1 fully saturated rings. The number of sulfone groups is 2. The Morgan fingerprint density at radius 3 is 2.07 bits per heavy atom. The maximum absolute atomic E-state index is 14.8. The third-order valence-electron chi connectivity index (χ3n) is 9.73. The summed E-state index contributed by atoms with van der Waals surface area (Å²) in [5, 5.41) is 11.1. The number of aryl methyl sites for hydroxylation is 1. The van der Waals surface area contributed by atoms with Gasteiger partial charge in [0.05, 0.1) is 15.9 Å². The Labute approximate surface area is 275 Å². The molecule has 0 aliphatic heterocycles. The first-order valence-electron chi connectivity index (χ1n) is 16.3. The summed E-state index contributed by atoms with van der Waals surface area (Å²) >= 11 is 0. The Kier molecular flexibility index (Phi) is 10.7. The van der Waals surface area contributed by atoms with Crippen molar-refractivity contribution in [2.45, 2.75) is 71.8 Å². The van der Waals surface area contributed by atoms with Crippen molar-refractivity contribution in [1.82, 2.24) is 4.90 Å². The normalized spacial score (nSPS) is 22.0. The van der Waals surface area contributed by atoms with Gasteiger partial charge in [-0.05, 0) is 101 Å². The number of aliphatic hydroxyl groups excluding tert-OH is 1. The lowest BCUT2D eigenvalue weighted by Crippen LogP contribution is -2.43. The number of unbranched alkanes of at least 4 members (excludes halogenated alkanes) is 2. The number of hydrogen-bond donors (Lipinski definition) is 1. The smallest absolute Gasteiger partial charge is 0.210 e. The molecule has 4 atom stereocenters. The van der Waals surface area contributed by atoms with Crippen LogP contribution in [0, 0.1) is 24.7 Å². The fourth-order valence-corrected chi connectivity index (χ4v) is 12.4. The molecule has 2 aliphatic rings. The van der Waals surface area contributed by atoms with Crippen molar-refractivity contribution in [3.8, 4) is 0 Å². The molecule has 1 saturated carbocycles. The molecule has 3 aromatic rings. The van der Waals surface area contributed by atoms with Crippen LogP contribution in [0.5, 0.6) is 0 Å². The minimum atomic E-state index is -4.51. The van der Waals surface area contributed by atoms with Crippen molar-refractivity contribution in [1.29, 1.82) is 0 Å². The second kappa shape index (κ2) is 14.4. The van der Waals surface area contributed by atoms with Gasteiger partial charge in [-0.2, -0.15) is 0 Å². The first-order chi connectivity index (χ1) is 22.0. The number of allylic oxidation sites excluding steroid dienone is 3. The zero-order valence-electron chi connectivity index (χ0n) is 27.1. The summed E-state index contributed by atoms with van der Waals surface area (Å²) in [6, 6.07) is 22.5. The number of hydrogen-bond acceptors (Lipinski definition) is 6. The van der Waals surface area contributed by atoms with Gasteiger partial charge >= 0.3 is 0 Å². The predicted octanol–water partition coefficient (Wildman–Crippen LogP) is 7.11. The molecule has 0 radical (unpaired) electrons. The van der Waals surface area contributed by atoms with Crippen molar-refractivity contribution in [3.05, 3.63) is 120 Å². The van der Waals surface area contributed by atoms with Crippen LogP contribution in [0.3, 0.4) is 0 Å². The van der Waals surface area contributed by atoms with Crippen LogP contribution in [0.2, 0.25) is 0 Å². The maximum Gasteiger partial charge on any atom is 0.210 e. The van der Waals surface area contributed by atoms with Gasteiger partial charge in [0.25, 0.3) is 0 Å². The summed E-state index contributed by atoms with van der Waals surface area (Å²) in [5.74, 6) is 0.332. The van der Waals surface area contributed by atoms with Crippen LogP contribution in [0.4, 0.5) is 0 Å². The maximum atomic E-state index is 14.8. The molecule has 0 bridgehead atoms. The Morgan fingerprint density at radius 2 is 1.48 bits per heavy atom. The molecule has 3 aromatic carbocycles. The van der Waals surface area contributed by atoms with E-state index in [2.05, 4.69) is 25.1 Å². The molecule has 0 spiro atoms. The fourth-order valence-electron chi connectivity index (χ4n) is 7.38. The number of benzene rings is 3. The van der Waals surface area contributed by atoms with Crippen molar-refractivity contribution in [2.75, 3.05) is 20.6 Å². The minimum absolute atomic E-state index is 0.0550. The second-order valence-electron chi connectivity index (χ2n) is 13.2. The van der Waals surface area contributed by atoms with E-state index in [9.17, 15) is 21.9 Å². The zero-order valence-corrected chi connectivity index (χ0v) is 28.8. The molecule has 2 aliphatic carbocycles. The summed E-state index contributed by atoms with van der Waals surface area (Å²) in [5.41, 5.74) is 2.41. The molecule has 0 unspecified atom stereocenters. The monoisotopic (exact) mass is 661 g/mol. The Bertz CT molecular complexity index is 1680. The topological polar surface area (TPSA) is 91.8 Å². The molecule has 1 N–H and O–H groups in total. The van der Waals surface area contributed by atoms with Crippen LogP contribution in [-0.2, 0) is 23.8 Å². The van der Waals surface area contributed by atoms with Crippen molar-refractivity contribution in [2.24, 2.45) is 17.8 Å². The van der Waals surface area contributed by atoms with Gasteiger partial charge in [0.1, 0.15) is 0 Å². The molecule has 0 saturated heterocycles. The Balaban J connectivity index is 1.50. The average molecular weight is 662 g/mol. The standard InChI is InChI=1S/C38H47NO5S2/c1-29-15-13-17-32(25-29)38(45(41,42)33-18-8-4-9-19-33,46(43,44)34-20-10-5-11-21-34)23-14-22-35-36-27-30(26-31(36)28-37(35)40)16-7-6-12-24-39(2)3/h4-5,8-11,13-15,17-22,25-26,31,35-37,40H,6-7,12,16,23-24,27-28H2,1-3H3/b22-14+/t31-,35+,36-,37+/m0/s1. The van der Waals surface area contributed by atoms with Gasteiger partial charge in [0.15, 0.2) is 0 Å². The molecule has 46 heavy (non-hydrogen) atoms. The Morgan fingerprint density at radius 1 is 0.848 bits per heavy atom. The van der Waals surface area contributed by atoms with Gasteiger partial charge in [-0.1, -0.05) is 96.4 Å². The van der Waals surface area contributed by atoms with Crippen molar-refractivity contribution < 1.29 is 21.9 Å². The highest BCUT2D eigenvalue weighted by molar-refractivity contribution is 8.09. The predicted molar refractivity (Wildman–Crippen MR) is 185 cm³/mol. The fraction of sp³-hybridized carbons (Fsp3) is 0.421. The van der Waals surface area contributed by atoms with Crippen molar-refractivity contribution in [3.63, 3.8) is 0 Å². The molecule has 0 aromatic heterocycles. The summed E-state index contributed by atoms with van der Waals surface area (Å²) in [4.78, 5) is 2.10. The van der Waals surface area contributed by atoms with Crippen LogP contribution in [0.15, 0.2) is 119 Å². The summed E-state index contributed by atoms with van der Waals surface area (Å²) in [7, 11) is -4.83. The van der Waals surface area contributed by atoms with E-state index in [0.717, 1.165) is 31.4 Å². The van der Waals surface area contributed by atoms with Gasteiger partial charge in [0.2, 0.25) is 23.8 Å². The lowest BCUT2D eigenvalue weighted by atomic mass is 9.88. The lowest BCUT2D eigenvalue weighted by Gasteiger charge is -2.33. The number of rotatable bonds is 14. The quantitative estimate of drug-likeness (QED) is 0.146. The first-order valence-corrected chi connectivity index (χ1v) is 19.3. The van der Waals surface area contributed by atoms with Crippen LogP contribution >= 0.6 is 0 Å². The SMILES string of the molecule is Cc1cccc(C(C/C=C/[C@@H]2[C@H]3CC(CCCCCN(C)C)=C[C@H]3C[C@H]2O)(S(=O)(=O)c2ccccc2)S(=O)(=O)c2ccccc2)c1. The molecule has 6 nitrogen and oxygen atoms in total. The third kappa shape index (κ3) is 6.82. The lowest BCUT2D eigenvalue weighted by molar-refractivity contribution is 0.141.